The lowest BCUT2D eigenvalue weighted by molar-refractivity contribution is -0.141. The highest BCUT2D eigenvalue weighted by atomic mass is 32.2. The number of nitrogens with one attached hydrogen (secondary N) is 1. The number of hydrogen-bond acceptors (Lipinski definition) is 5. The zero-order chi connectivity index (χ0) is 16.0. The van der Waals surface area contributed by atoms with E-state index in [-0.39, 0.29) is 30.1 Å². The second-order valence-corrected chi connectivity index (χ2v) is 6.44. The first-order chi connectivity index (χ1) is 9.76. The first-order valence-electron chi connectivity index (χ1n) is 6.41. The summed E-state index contributed by atoms with van der Waals surface area (Å²) >= 11 is 0. The lowest BCUT2D eigenvalue weighted by Crippen LogP contribution is -2.30. The number of rotatable bonds is 7. The van der Waals surface area contributed by atoms with Crippen LogP contribution in [0.1, 0.15) is 24.0 Å². The zero-order valence-corrected chi connectivity index (χ0v) is 13.1. The molecule has 1 aromatic carbocycles. The molecule has 0 aliphatic carbocycles. The molecule has 0 fully saturated rings. The van der Waals surface area contributed by atoms with Gasteiger partial charge in [-0.2, -0.15) is 0 Å². The molecule has 1 aromatic rings. The summed E-state index contributed by atoms with van der Waals surface area (Å²) in [7, 11) is -2.50. The summed E-state index contributed by atoms with van der Waals surface area (Å²) in [5.41, 5.74) is 1.57. The van der Waals surface area contributed by atoms with Gasteiger partial charge in [0.2, 0.25) is 10.0 Å². The number of sulfonamides is 1. The van der Waals surface area contributed by atoms with Gasteiger partial charge in [-0.1, -0.05) is 17.7 Å². The molecular weight excluding hydrogens is 294 g/mol. The van der Waals surface area contributed by atoms with E-state index in [0.717, 1.165) is 5.56 Å². The smallest absolute Gasteiger partial charge is 0.305 e. The molecular formula is C14H19NO5S. The fourth-order valence-corrected chi connectivity index (χ4v) is 3.02. The average molecular weight is 313 g/mol. The molecule has 0 unspecified atom stereocenters. The number of ketones is 1. The molecule has 0 saturated heterocycles. The van der Waals surface area contributed by atoms with Crippen molar-refractivity contribution in [3.63, 3.8) is 0 Å². The number of carbonyl (C=O) groups is 2. The SMILES string of the molecule is COC(=O)CCC(=O)CNS(=O)(=O)c1ccc(C)cc1C. The van der Waals surface area contributed by atoms with E-state index in [1.807, 2.05) is 6.92 Å². The molecule has 1 N–H and O–H groups in total. The van der Waals surface area contributed by atoms with Crippen LogP contribution in [0, 0.1) is 13.8 Å². The standard InChI is InChI=1S/C14H19NO5S/c1-10-4-6-13(11(2)8-10)21(18,19)15-9-12(16)5-7-14(17)20-3/h4,6,8,15H,5,7,9H2,1-3H3. The minimum Gasteiger partial charge on any atom is -0.469 e. The maximum absolute atomic E-state index is 12.1. The predicted octanol–water partition coefficient (Wildman–Crippen LogP) is 1.10. The van der Waals surface area contributed by atoms with Gasteiger partial charge in [0.15, 0.2) is 0 Å². The summed E-state index contributed by atoms with van der Waals surface area (Å²) in [6.45, 7) is 3.22. The maximum Gasteiger partial charge on any atom is 0.305 e. The van der Waals surface area contributed by atoms with Crippen LogP contribution in [0.2, 0.25) is 0 Å². The predicted molar refractivity (Wildman–Crippen MR) is 77.4 cm³/mol. The molecule has 0 bridgehead atoms. The van der Waals surface area contributed by atoms with Crippen LogP contribution in [-0.4, -0.2) is 33.8 Å². The Morgan fingerprint density at radius 3 is 2.43 bits per heavy atom. The lowest BCUT2D eigenvalue weighted by atomic mass is 10.2. The largest absolute Gasteiger partial charge is 0.469 e. The van der Waals surface area contributed by atoms with Gasteiger partial charge >= 0.3 is 5.97 Å². The van der Waals surface area contributed by atoms with E-state index in [9.17, 15) is 18.0 Å². The molecule has 0 atom stereocenters. The average Bonchev–Trinajstić information content (AvgIpc) is 2.42. The van der Waals surface area contributed by atoms with Crippen LogP contribution in [0.3, 0.4) is 0 Å². The summed E-state index contributed by atoms with van der Waals surface area (Å²) in [4.78, 5) is 22.6. The monoisotopic (exact) mass is 313 g/mol. The minimum atomic E-state index is -3.73. The van der Waals surface area contributed by atoms with Crippen molar-refractivity contribution in [2.75, 3.05) is 13.7 Å². The highest BCUT2D eigenvalue weighted by molar-refractivity contribution is 7.89. The summed E-state index contributed by atoms with van der Waals surface area (Å²) < 4.78 is 30.9. The third kappa shape index (κ3) is 5.28. The second kappa shape index (κ2) is 7.33. The molecule has 1 rings (SSSR count). The number of ether oxygens (including phenoxy) is 1. The Labute approximate surface area is 124 Å². The number of carbonyl (C=O) groups excluding carboxylic acids is 2. The van der Waals surface area contributed by atoms with Crippen LogP contribution in [-0.2, 0) is 24.3 Å². The van der Waals surface area contributed by atoms with Crippen molar-refractivity contribution >= 4 is 21.8 Å². The first-order valence-corrected chi connectivity index (χ1v) is 7.90. The molecule has 0 heterocycles. The fourth-order valence-electron chi connectivity index (χ4n) is 1.79. The van der Waals surface area contributed by atoms with Crippen molar-refractivity contribution in [2.24, 2.45) is 0 Å². The Morgan fingerprint density at radius 2 is 1.86 bits per heavy atom. The van der Waals surface area contributed by atoms with Crippen LogP contribution in [0.4, 0.5) is 0 Å². The van der Waals surface area contributed by atoms with Gasteiger partial charge in [0.05, 0.1) is 25.0 Å². The Hall–Kier alpha value is -1.73. The second-order valence-electron chi connectivity index (χ2n) is 4.71. The molecule has 6 nitrogen and oxygen atoms in total. The highest BCUT2D eigenvalue weighted by Crippen LogP contribution is 2.16. The molecule has 0 saturated carbocycles. The van der Waals surface area contributed by atoms with Crippen molar-refractivity contribution in [1.82, 2.24) is 4.72 Å². The molecule has 7 heteroatoms. The molecule has 0 aliphatic heterocycles. The Kier molecular flexibility index (Phi) is 6.04. The lowest BCUT2D eigenvalue weighted by Gasteiger charge is -2.09. The number of aryl methyl sites for hydroxylation is 2. The van der Waals surface area contributed by atoms with Gasteiger partial charge in [0, 0.05) is 6.42 Å². The van der Waals surface area contributed by atoms with Crippen LogP contribution in [0.15, 0.2) is 23.1 Å². The van der Waals surface area contributed by atoms with Crippen molar-refractivity contribution in [3.8, 4) is 0 Å². The Morgan fingerprint density at radius 1 is 1.19 bits per heavy atom. The van der Waals surface area contributed by atoms with E-state index in [1.165, 1.54) is 13.2 Å². The van der Waals surface area contributed by atoms with Crippen LogP contribution < -0.4 is 4.72 Å². The number of Topliss-reactive ketones (excluding diaryl/α,β-unsaturated/α-hetero) is 1. The van der Waals surface area contributed by atoms with Gasteiger partial charge in [-0.15, -0.1) is 0 Å². The van der Waals surface area contributed by atoms with E-state index >= 15 is 0 Å². The Balaban J connectivity index is 2.65. The van der Waals surface area contributed by atoms with Crippen LogP contribution in [0.5, 0.6) is 0 Å². The molecule has 0 amide bonds. The van der Waals surface area contributed by atoms with Crippen LogP contribution in [0.25, 0.3) is 0 Å². The highest BCUT2D eigenvalue weighted by Gasteiger charge is 2.18. The normalized spacial score (nSPS) is 11.2. The van der Waals surface area contributed by atoms with Gasteiger partial charge in [-0.25, -0.2) is 13.1 Å². The van der Waals surface area contributed by atoms with Crippen molar-refractivity contribution in [1.29, 1.82) is 0 Å². The summed E-state index contributed by atoms with van der Waals surface area (Å²) in [6, 6.07) is 4.96. The molecule has 116 valence electrons. The van der Waals surface area contributed by atoms with E-state index in [0.29, 0.717) is 5.56 Å². The third-order valence-corrected chi connectivity index (χ3v) is 4.48. The van der Waals surface area contributed by atoms with Crippen molar-refractivity contribution in [3.05, 3.63) is 29.3 Å². The van der Waals surface area contributed by atoms with Crippen molar-refractivity contribution < 1.29 is 22.7 Å². The van der Waals surface area contributed by atoms with Gasteiger partial charge in [0.25, 0.3) is 0 Å². The van der Waals surface area contributed by atoms with Gasteiger partial charge in [0.1, 0.15) is 5.78 Å². The molecule has 0 aliphatic rings. The van der Waals surface area contributed by atoms with Gasteiger partial charge in [-0.05, 0) is 25.5 Å². The quantitative estimate of drug-likeness (QED) is 0.762. The van der Waals surface area contributed by atoms with Gasteiger partial charge < -0.3 is 4.74 Å². The summed E-state index contributed by atoms with van der Waals surface area (Å²) in [5.74, 6) is -0.866. The third-order valence-electron chi connectivity index (χ3n) is 2.91. The molecule has 0 radical (unpaired) electrons. The summed E-state index contributed by atoms with van der Waals surface area (Å²) in [5, 5.41) is 0. The first kappa shape index (κ1) is 17.3. The zero-order valence-electron chi connectivity index (χ0n) is 12.3. The number of hydrogen-bond donors (Lipinski definition) is 1. The van der Waals surface area contributed by atoms with E-state index in [4.69, 9.17) is 0 Å². The number of methoxy groups -OCH3 is 1. The van der Waals surface area contributed by atoms with E-state index < -0.39 is 16.0 Å². The molecule has 0 aromatic heterocycles. The maximum atomic E-state index is 12.1. The van der Waals surface area contributed by atoms with E-state index in [1.54, 1.807) is 19.1 Å². The molecule has 0 spiro atoms. The fraction of sp³-hybridized carbons (Fsp3) is 0.429. The van der Waals surface area contributed by atoms with Crippen LogP contribution >= 0.6 is 0 Å². The number of benzene rings is 1. The van der Waals surface area contributed by atoms with Gasteiger partial charge in [-0.3, -0.25) is 9.59 Å². The topological polar surface area (TPSA) is 89.5 Å². The molecule has 21 heavy (non-hydrogen) atoms. The number of esters is 1. The Bertz CT molecular complexity index is 637. The van der Waals surface area contributed by atoms with Crippen molar-refractivity contribution in [2.45, 2.75) is 31.6 Å². The summed E-state index contributed by atoms with van der Waals surface area (Å²) in [6.07, 6.45) is -0.108. The van der Waals surface area contributed by atoms with E-state index in [2.05, 4.69) is 9.46 Å². The minimum absolute atomic E-state index is 0.0535.